The van der Waals surface area contributed by atoms with E-state index < -0.39 is 26.6 Å². The first-order valence-corrected chi connectivity index (χ1v) is 28.8. The van der Waals surface area contributed by atoms with Gasteiger partial charge >= 0.3 is 256 Å². The van der Waals surface area contributed by atoms with E-state index in [9.17, 15) is 0 Å². The van der Waals surface area contributed by atoms with Gasteiger partial charge in [0, 0.05) is 0 Å². The summed E-state index contributed by atoms with van der Waals surface area (Å²) in [6.45, 7) is 30.4. The van der Waals surface area contributed by atoms with Gasteiger partial charge in [-0.1, -0.05) is 0 Å². The summed E-state index contributed by atoms with van der Waals surface area (Å²) in [7, 11) is 0. The van der Waals surface area contributed by atoms with Crippen LogP contribution in [0.2, 0.25) is 13.1 Å². The second-order valence-electron chi connectivity index (χ2n) is 16.9. The molecule has 213 valence electrons. The van der Waals surface area contributed by atoms with Crippen molar-refractivity contribution < 1.29 is 20.6 Å². The van der Waals surface area contributed by atoms with E-state index >= 15 is 0 Å². The molecule has 0 atom stereocenters. The first kappa shape index (κ1) is 29.1. The number of hydrogen-bond donors (Lipinski definition) is 0. The van der Waals surface area contributed by atoms with Gasteiger partial charge in [0.25, 0.3) is 0 Å². The summed E-state index contributed by atoms with van der Waals surface area (Å²) < 4.78 is 3.84. The topological polar surface area (TPSA) is 0 Å². The molecule has 2 aromatic carbocycles. The van der Waals surface area contributed by atoms with Crippen LogP contribution in [0.5, 0.6) is 0 Å². The van der Waals surface area contributed by atoms with Crippen molar-refractivity contribution in [1.29, 1.82) is 0 Å². The predicted molar refractivity (Wildman–Crippen MR) is 175 cm³/mol. The van der Waals surface area contributed by atoms with Gasteiger partial charge in [-0.25, -0.2) is 0 Å². The zero-order valence-corrected chi connectivity index (χ0v) is 32.4. The van der Waals surface area contributed by atoms with Crippen LogP contribution >= 0.6 is 0 Å². The summed E-state index contributed by atoms with van der Waals surface area (Å²) in [4.78, 5) is 0. The summed E-state index contributed by atoms with van der Waals surface area (Å²) in [6, 6.07) is 10.8. The molecule has 0 aliphatic heterocycles. The number of allylic oxidation sites excluding steroid dienone is 2. The van der Waals surface area contributed by atoms with Crippen molar-refractivity contribution >= 4 is 12.6 Å². The maximum atomic E-state index is 2.74. The predicted octanol–water partition coefficient (Wildman–Crippen LogP) is 10.3. The molecule has 0 unspecified atom stereocenters. The molecule has 6 rings (SSSR count). The second-order valence-corrected chi connectivity index (χ2v) is 42.9. The number of benzene rings is 2. The van der Waals surface area contributed by atoms with Crippen LogP contribution in [0.25, 0.3) is 6.66 Å². The molecule has 0 saturated carbocycles. The van der Waals surface area contributed by atoms with Crippen molar-refractivity contribution in [2.45, 2.75) is 143 Å². The molecule has 0 spiro atoms. The van der Waals surface area contributed by atoms with E-state index in [-0.39, 0.29) is 21.7 Å². The van der Waals surface area contributed by atoms with Crippen molar-refractivity contribution in [2.24, 2.45) is 0 Å². The Labute approximate surface area is 254 Å². The van der Waals surface area contributed by atoms with Gasteiger partial charge in [0.15, 0.2) is 0 Å². The van der Waals surface area contributed by atoms with Crippen LogP contribution < -0.4 is 0 Å². The fourth-order valence-corrected chi connectivity index (χ4v) is 37.5. The summed E-state index contributed by atoms with van der Waals surface area (Å²) in [5.41, 5.74) is 17.9. The van der Waals surface area contributed by atoms with Crippen LogP contribution in [0.1, 0.15) is 139 Å². The van der Waals surface area contributed by atoms with E-state index in [1.54, 1.807) is 55.7 Å². The molecule has 0 heterocycles. The molecular weight excluding hydrogens is 663 g/mol. The molecule has 0 nitrogen and oxygen atoms in total. The first-order valence-electron chi connectivity index (χ1n) is 16.1. The number of hydrogen-bond acceptors (Lipinski definition) is 0. The zero-order chi connectivity index (χ0) is 29.2. The molecule has 0 aromatic heterocycles. The molecule has 0 fully saturated rings. The molecule has 40 heavy (non-hydrogen) atoms. The van der Waals surface area contributed by atoms with Crippen molar-refractivity contribution in [1.82, 2.24) is 0 Å². The van der Waals surface area contributed by atoms with Gasteiger partial charge in [0.05, 0.1) is 0 Å². The van der Waals surface area contributed by atoms with Gasteiger partial charge in [-0.2, -0.15) is 0 Å². The van der Waals surface area contributed by atoms with E-state index in [0.717, 1.165) is 0 Å². The average Bonchev–Trinajstić information content (AvgIpc) is 3.34. The Morgan fingerprint density at radius 3 is 1.12 bits per heavy atom. The quantitative estimate of drug-likeness (QED) is 0.278. The summed E-state index contributed by atoms with van der Waals surface area (Å²) in [5.74, 6) is -0.868. The fraction of sp³-hybridized carbons (Fsp3) is 0.579. The molecular formula is C38H53HfSi. The van der Waals surface area contributed by atoms with Crippen molar-refractivity contribution in [2.75, 3.05) is 0 Å². The first-order chi connectivity index (χ1) is 18.4. The molecule has 0 N–H and O–H groups in total. The van der Waals surface area contributed by atoms with Gasteiger partial charge in [0.1, 0.15) is 0 Å². The van der Waals surface area contributed by atoms with E-state index in [4.69, 9.17) is 0 Å². The Kier molecular flexibility index (Phi) is 6.73. The standard InChI is InChI=1S/2C18H23.C2H7Si.Hf/c2*1-12-8-13-10-15-16(11-14(13)9-12)18(4,5)7-6-17(15,2)3;1-3-2;/h2*10-11H,6-8H2,1-5H3;3H,1-2H3;. The van der Waals surface area contributed by atoms with E-state index in [1.807, 2.05) is 6.66 Å². The Morgan fingerprint density at radius 2 is 0.825 bits per heavy atom. The molecule has 0 saturated heterocycles. The van der Waals surface area contributed by atoms with Crippen molar-refractivity contribution in [3.8, 4) is 0 Å². The molecule has 0 amide bonds. The molecule has 4 aliphatic rings. The van der Waals surface area contributed by atoms with Crippen LogP contribution in [0.4, 0.5) is 0 Å². The van der Waals surface area contributed by atoms with E-state index in [2.05, 4.69) is 107 Å². The minimum absolute atomic E-state index is 0.273. The molecule has 0 bridgehead atoms. The molecule has 2 aromatic rings. The van der Waals surface area contributed by atoms with Gasteiger partial charge in [-0.05, 0) is 0 Å². The summed E-state index contributed by atoms with van der Waals surface area (Å²) in [5, 5.41) is 0. The van der Waals surface area contributed by atoms with Crippen LogP contribution in [-0.4, -0.2) is 5.98 Å². The fourth-order valence-electron chi connectivity index (χ4n) is 8.74. The molecule has 0 radical (unpaired) electrons. The van der Waals surface area contributed by atoms with E-state index in [0.29, 0.717) is 0 Å². The van der Waals surface area contributed by atoms with Crippen LogP contribution in [0.15, 0.2) is 35.4 Å². The Balaban J connectivity index is 1.52. The molecule has 2 heteroatoms. The van der Waals surface area contributed by atoms with Gasteiger partial charge in [0.2, 0.25) is 0 Å². The van der Waals surface area contributed by atoms with Crippen molar-refractivity contribution in [3.63, 3.8) is 0 Å². The SMILES string of the molecule is CC1=[C]([Hf]([C]2=C(C)Cc3cc4c(cc32)C(C)(C)CCC4(C)C)[SiH](C)C)c2cc3c(cc2C1)C(C)(C)CCC3(C)C. The Hall–Kier alpha value is -0.993. The van der Waals surface area contributed by atoms with Gasteiger partial charge in [-0.3, -0.25) is 0 Å². The van der Waals surface area contributed by atoms with E-state index in [1.165, 1.54) is 38.5 Å². The van der Waals surface area contributed by atoms with Gasteiger partial charge in [-0.15, -0.1) is 0 Å². The maximum absolute atomic E-state index is 2.74. The molecule has 4 aliphatic carbocycles. The van der Waals surface area contributed by atoms with Crippen molar-refractivity contribution in [3.05, 3.63) is 79.9 Å². The number of fused-ring (bicyclic) bond motifs is 4. The minimum atomic E-state index is -2.35. The average molecular weight is 716 g/mol. The monoisotopic (exact) mass is 717 g/mol. The Bertz CT molecular complexity index is 1380. The van der Waals surface area contributed by atoms with Crippen LogP contribution in [0, 0.1) is 0 Å². The van der Waals surface area contributed by atoms with Crippen LogP contribution in [0.3, 0.4) is 0 Å². The van der Waals surface area contributed by atoms with Crippen LogP contribution in [-0.2, 0) is 55.1 Å². The number of rotatable bonds is 3. The third kappa shape index (κ3) is 4.35. The normalized spacial score (nSPS) is 23.2. The Morgan fingerprint density at radius 1 is 0.525 bits per heavy atom. The third-order valence-corrected chi connectivity index (χ3v) is 38.8. The second kappa shape index (κ2) is 9.25. The third-order valence-electron chi connectivity index (χ3n) is 11.6. The summed E-state index contributed by atoms with van der Waals surface area (Å²) in [6.07, 6.45) is 7.57. The van der Waals surface area contributed by atoms with Gasteiger partial charge < -0.3 is 0 Å². The zero-order valence-electron chi connectivity index (χ0n) is 27.6. The summed E-state index contributed by atoms with van der Waals surface area (Å²) >= 11 is -2.35.